The molecule has 1 N–H and O–H groups in total. The van der Waals surface area contributed by atoms with Crippen LogP contribution in [-0.4, -0.2) is 36.9 Å². The van der Waals surface area contributed by atoms with E-state index in [-0.39, 0.29) is 29.0 Å². The highest BCUT2D eigenvalue weighted by Crippen LogP contribution is 2.28. The number of piperidine rings is 1. The quantitative estimate of drug-likeness (QED) is 0.900. The van der Waals surface area contributed by atoms with Crippen LogP contribution in [0.3, 0.4) is 0 Å². The van der Waals surface area contributed by atoms with Gasteiger partial charge in [-0.3, -0.25) is 4.79 Å². The fourth-order valence-electron chi connectivity index (χ4n) is 3.11. The highest BCUT2D eigenvalue weighted by Gasteiger charge is 2.36. The normalized spacial score (nSPS) is 18.9. The van der Waals surface area contributed by atoms with Crippen LogP contribution in [-0.2, 0) is 14.8 Å². The van der Waals surface area contributed by atoms with Crippen LogP contribution in [0.2, 0.25) is 0 Å². The largest absolute Gasteiger partial charge is 0.360 e. The maximum absolute atomic E-state index is 12.9. The molecule has 3 rings (SSSR count). The van der Waals surface area contributed by atoms with Crippen molar-refractivity contribution >= 4 is 21.6 Å². The maximum atomic E-state index is 12.9. The standard InChI is InChI=1S/C17H21N3O4S/c1-12-16(13(2)24-19-12)25(22,23)20-10-6-7-14(11-20)17(21)18-15-8-4-3-5-9-15/h3-5,8-9,14H,6-7,10-11H2,1-2H3,(H,18,21)/t14-/m0/s1. The van der Waals surface area contributed by atoms with Crippen LogP contribution in [0.25, 0.3) is 0 Å². The summed E-state index contributed by atoms with van der Waals surface area (Å²) in [6, 6.07) is 9.15. The van der Waals surface area contributed by atoms with E-state index in [4.69, 9.17) is 4.52 Å². The van der Waals surface area contributed by atoms with Crippen LogP contribution in [0.15, 0.2) is 39.8 Å². The van der Waals surface area contributed by atoms with E-state index in [1.807, 2.05) is 18.2 Å². The van der Waals surface area contributed by atoms with Gasteiger partial charge in [0.1, 0.15) is 10.6 Å². The molecule has 0 spiro atoms. The second-order valence-corrected chi connectivity index (χ2v) is 8.09. The number of anilines is 1. The van der Waals surface area contributed by atoms with Gasteiger partial charge in [-0.05, 0) is 38.8 Å². The molecule has 1 amide bonds. The van der Waals surface area contributed by atoms with E-state index in [9.17, 15) is 13.2 Å². The smallest absolute Gasteiger partial charge is 0.248 e. The number of carbonyl (C=O) groups is 1. The second-order valence-electron chi connectivity index (χ2n) is 6.21. The number of amides is 1. The average Bonchev–Trinajstić information content (AvgIpc) is 2.95. The summed E-state index contributed by atoms with van der Waals surface area (Å²) in [5.74, 6) is -0.276. The molecule has 1 aliphatic rings. The highest BCUT2D eigenvalue weighted by atomic mass is 32.2. The Balaban J connectivity index is 1.76. The summed E-state index contributed by atoms with van der Waals surface area (Å²) in [7, 11) is -3.72. The molecule has 1 aromatic carbocycles. The van der Waals surface area contributed by atoms with Crippen molar-refractivity contribution in [1.29, 1.82) is 0 Å². The van der Waals surface area contributed by atoms with Crippen LogP contribution in [0.4, 0.5) is 5.69 Å². The predicted octanol–water partition coefficient (Wildman–Crippen LogP) is 2.33. The van der Waals surface area contributed by atoms with E-state index in [0.717, 1.165) is 0 Å². The minimum atomic E-state index is -3.72. The van der Waals surface area contributed by atoms with Crippen molar-refractivity contribution in [1.82, 2.24) is 9.46 Å². The van der Waals surface area contributed by atoms with Crippen LogP contribution in [0, 0.1) is 19.8 Å². The number of rotatable bonds is 4. The molecular formula is C17H21N3O4S. The summed E-state index contributed by atoms with van der Waals surface area (Å²) < 4.78 is 32.2. The molecule has 1 fully saturated rings. The third-order valence-corrected chi connectivity index (χ3v) is 6.47. The number of carbonyl (C=O) groups excluding carboxylic acids is 1. The Labute approximate surface area is 147 Å². The van der Waals surface area contributed by atoms with E-state index < -0.39 is 10.0 Å². The fraction of sp³-hybridized carbons (Fsp3) is 0.412. The van der Waals surface area contributed by atoms with Gasteiger partial charge in [0.2, 0.25) is 15.9 Å². The van der Waals surface area contributed by atoms with E-state index >= 15 is 0 Å². The first-order chi connectivity index (χ1) is 11.9. The van der Waals surface area contributed by atoms with Gasteiger partial charge >= 0.3 is 0 Å². The topological polar surface area (TPSA) is 92.5 Å². The van der Waals surface area contributed by atoms with Gasteiger partial charge in [-0.15, -0.1) is 0 Å². The van der Waals surface area contributed by atoms with Crippen molar-refractivity contribution in [3.63, 3.8) is 0 Å². The van der Waals surface area contributed by atoms with Gasteiger partial charge in [-0.25, -0.2) is 8.42 Å². The summed E-state index contributed by atoms with van der Waals surface area (Å²) >= 11 is 0. The Bertz CT molecular complexity index is 842. The molecule has 7 nitrogen and oxygen atoms in total. The van der Waals surface area contributed by atoms with Crippen molar-refractivity contribution in [2.24, 2.45) is 5.92 Å². The zero-order valence-corrected chi connectivity index (χ0v) is 15.0. The Morgan fingerprint density at radius 1 is 1.28 bits per heavy atom. The Kier molecular flexibility index (Phi) is 4.91. The second kappa shape index (κ2) is 6.97. The first kappa shape index (κ1) is 17.6. The lowest BCUT2D eigenvalue weighted by atomic mass is 9.99. The molecule has 0 radical (unpaired) electrons. The third kappa shape index (κ3) is 3.59. The average molecular weight is 363 g/mol. The van der Waals surface area contributed by atoms with Gasteiger partial charge in [0, 0.05) is 18.8 Å². The Hall–Kier alpha value is -2.19. The fourth-order valence-corrected chi connectivity index (χ4v) is 4.93. The maximum Gasteiger partial charge on any atom is 0.248 e. The van der Waals surface area contributed by atoms with Crippen LogP contribution in [0.1, 0.15) is 24.3 Å². The molecule has 0 unspecified atom stereocenters. The molecule has 1 aromatic heterocycles. The molecule has 134 valence electrons. The van der Waals surface area contributed by atoms with Crippen LogP contribution >= 0.6 is 0 Å². The number of sulfonamides is 1. The van der Waals surface area contributed by atoms with E-state index in [1.165, 1.54) is 4.31 Å². The van der Waals surface area contributed by atoms with E-state index in [0.29, 0.717) is 30.8 Å². The lowest BCUT2D eigenvalue weighted by Gasteiger charge is -2.31. The molecule has 8 heteroatoms. The van der Waals surface area contributed by atoms with Gasteiger partial charge in [-0.1, -0.05) is 23.4 Å². The van der Waals surface area contributed by atoms with Crippen LogP contribution in [0.5, 0.6) is 0 Å². The first-order valence-corrected chi connectivity index (χ1v) is 9.62. The molecular weight excluding hydrogens is 342 g/mol. The molecule has 0 aliphatic carbocycles. The molecule has 1 aliphatic heterocycles. The SMILES string of the molecule is Cc1noc(C)c1S(=O)(=O)N1CCC[C@H](C(=O)Nc2ccccc2)C1. The number of para-hydroxylation sites is 1. The third-order valence-electron chi connectivity index (χ3n) is 4.36. The number of nitrogens with zero attached hydrogens (tertiary/aromatic N) is 2. The molecule has 0 saturated carbocycles. The van der Waals surface area contributed by atoms with Gasteiger partial charge in [0.25, 0.3) is 0 Å². The zero-order chi connectivity index (χ0) is 18.0. The number of benzene rings is 1. The minimum absolute atomic E-state index is 0.108. The minimum Gasteiger partial charge on any atom is -0.360 e. The van der Waals surface area contributed by atoms with Gasteiger partial charge < -0.3 is 9.84 Å². The Morgan fingerprint density at radius 3 is 2.64 bits per heavy atom. The summed E-state index contributed by atoms with van der Waals surface area (Å²) in [5, 5.41) is 6.58. The summed E-state index contributed by atoms with van der Waals surface area (Å²) in [5.41, 5.74) is 1.05. The van der Waals surface area contributed by atoms with Gasteiger partial charge in [0.05, 0.1) is 5.92 Å². The summed E-state index contributed by atoms with van der Waals surface area (Å²) in [4.78, 5) is 12.6. The molecule has 2 heterocycles. The number of nitrogens with one attached hydrogen (secondary N) is 1. The van der Waals surface area contributed by atoms with Crippen molar-refractivity contribution in [3.05, 3.63) is 41.8 Å². The molecule has 2 aromatic rings. The predicted molar refractivity (Wildman–Crippen MR) is 92.5 cm³/mol. The van der Waals surface area contributed by atoms with E-state index in [2.05, 4.69) is 10.5 Å². The summed E-state index contributed by atoms with van der Waals surface area (Å²) in [6.45, 7) is 3.73. The van der Waals surface area contributed by atoms with E-state index in [1.54, 1.807) is 26.0 Å². The monoisotopic (exact) mass is 363 g/mol. The van der Waals surface area contributed by atoms with Crippen LogP contribution < -0.4 is 5.32 Å². The lowest BCUT2D eigenvalue weighted by Crippen LogP contribution is -2.43. The molecule has 1 atom stereocenters. The number of aryl methyl sites for hydroxylation is 2. The highest BCUT2D eigenvalue weighted by molar-refractivity contribution is 7.89. The number of hydrogen-bond donors (Lipinski definition) is 1. The number of aromatic nitrogens is 1. The van der Waals surface area contributed by atoms with Gasteiger partial charge in [-0.2, -0.15) is 4.31 Å². The number of hydrogen-bond acceptors (Lipinski definition) is 5. The van der Waals surface area contributed by atoms with Crippen molar-refractivity contribution in [3.8, 4) is 0 Å². The lowest BCUT2D eigenvalue weighted by molar-refractivity contribution is -0.120. The van der Waals surface area contributed by atoms with Gasteiger partial charge in [0.15, 0.2) is 5.76 Å². The molecule has 1 saturated heterocycles. The van der Waals surface area contributed by atoms with Crippen molar-refractivity contribution in [2.75, 3.05) is 18.4 Å². The zero-order valence-electron chi connectivity index (χ0n) is 14.2. The Morgan fingerprint density at radius 2 is 2.00 bits per heavy atom. The first-order valence-electron chi connectivity index (χ1n) is 8.18. The van der Waals surface area contributed by atoms with Crippen molar-refractivity contribution in [2.45, 2.75) is 31.6 Å². The summed E-state index contributed by atoms with van der Waals surface area (Å²) in [6.07, 6.45) is 1.29. The molecule has 25 heavy (non-hydrogen) atoms. The van der Waals surface area contributed by atoms with Crippen molar-refractivity contribution < 1.29 is 17.7 Å². The molecule has 0 bridgehead atoms.